The van der Waals surface area contributed by atoms with Gasteiger partial charge in [-0.15, -0.1) is 0 Å². The molecule has 0 spiro atoms. The minimum atomic E-state index is -0.0430. The Morgan fingerprint density at radius 2 is 2.05 bits per heavy atom. The van der Waals surface area contributed by atoms with Crippen LogP contribution >= 0.6 is 15.9 Å². The molecule has 1 aliphatic carbocycles. The average molecular weight is 349 g/mol. The molecule has 3 rings (SSSR count). The molecule has 4 heteroatoms. The van der Waals surface area contributed by atoms with Crippen molar-refractivity contribution in [3.8, 4) is 0 Å². The van der Waals surface area contributed by atoms with Gasteiger partial charge in [0.2, 0.25) is 0 Å². The van der Waals surface area contributed by atoms with Crippen molar-refractivity contribution in [1.29, 1.82) is 0 Å². The monoisotopic (exact) mass is 348 g/mol. The molecular formula is C17H21BrN2O. The van der Waals surface area contributed by atoms with Crippen molar-refractivity contribution in [2.24, 2.45) is 11.8 Å². The fourth-order valence-electron chi connectivity index (χ4n) is 3.56. The van der Waals surface area contributed by atoms with E-state index in [1.54, 1.807) is 4.90 Å². The summed E-state index contributed by atoms with van der Waals surface area (Å²) in [5, 5.41) is 3.17. The summed E-state index contributed by atoms with van der Waals surface area (Å²) in [7, 11) is 0. The summed E-state index contributed by atoms with van der Waals surface area (Å²) in [6, 6.07) is 8.04. The first-order valence-electron chi connectivity index (χ1n) is 7.65. The number of amides is 2. The summed E-state index contributed by atoms with van der Waals surface area (Å²) < 4.78 is 1.01. The molecule has 3 atom stereocenters. The Balaban J connectivity index is 1.86. The van der Waals surface area contributed by atoms with Crippen LogP contribution < -0.4 is 10.2 Å². The van der Waals surface area contributed by atoms with Gasteiger partial charge in [-0.3, -0.25) is 4.90 Å². The van der Waals surface area contributed by atoms with Gasteiger partial charge < -0.3 is 5.32 Å². The number of nitrogens with zero attached hydrogens (tertiary/aromatic N) is 1. The minimum Gasteiger partial charge on any atom is -0.334 e. The van der Waals surface area contributed by atoms with E-state index in [1.807, 2.05) is 24.3 Å². The molecule has 0 aromatic heterocycles. The molecule has 21 heavy (non-hydrogen) atoms. The highest BCUT2D eigenvalue weighted by Crippen LogP contribution is 2.40. The van der Waals surface area contributed by atoms with E-state index in [-0.39, 0.29) is 12.1 Å². The highest BCUT2D eigenvalue weighted by Gasteiger charge is 2.40. The molecule has 2 amide bonds. The standard InChI is InChI=1S/C17H21BrN2O/c1-3-12-4-9-16-15(10-12)11(2)20(17(21)19-16)14-7-5-13(18)6-8-14/h5-8,12,15-16H,2-4,9-10H2,1H3,(H,19,21). The Bertz CT molecular complexity index is 554. The number of rotatable bonds is 2. The number of hydrogen-bond donors (Lipinski definition) is 1. The van der Waals surface area contributed by atoms with Gasteiger partial charge in [-0.05, 0) is 49.4 Å². The van der Waals surface area contributed by atoms with Gasteiger partial charge in [-0.1, -0.05) is 35.9 Å². The molecule has 0 radical (unpaired) electrons. The lowest BCUT2D eigenvalue weighted by Crippen LogP contribution is -2.57. The Labute approximate surface area is 134 Å². The van der Waals surface area contributed by atoms with Gasteiger partial charge in [0.05, 0.1) is 5.69 Å². The van der Waals surface area contributed by atoms with E-state index >= 15 is 0 Å². The van der Waals surface area contributed by atoms with E-state index in [2.05, 4.69) is 34.7 Å². The van der Waals surface area contributed by atoms with Gasteiger partial charge in [0, 0.05) is 22.1 Å². The van der Waals surface area contributed by atoms with Gasteiger partial charge >= 0.3 is 6.03 Å². The van der Waals surface area contributed by atoms with Gasteiger partial charge in [-0.25, -0.2) is 4.79 Å². The molecule has 1 aliphatic heterocycles. The summed E-state index contributed by atoms with van der Waals surface area (Å²) in [5.41, 5.74) is 1.84. The molecule has 3 nitrogen and oxygen atoms in total. The zero-order chi connectivity index (χ0) is 15.0. The van der Waals surface area contributed by atoms with Crippen molar-refractivity contribution in [3.05, 3.63) is 41.0 Å². The van der Waals surface area contributed by atoms with Crippen LogP contribution in [0, 0.1) is 11.8 Å². The number of nitrogens with one attached hydrogen (secondary N) is 1. The molecule has 0 bridgehead atoms. The van der Waals surface area contributed by atoms with Crippen LogP contribution in [0.2, 0.25) is 0 Å². The van der Waals surface area contributed by atoms with Crippen LogP contribution in [0.25, 0.3) is 0 Å². The normalized spacial score (nSPS) is 29.0. The third-order valence-corrected chi connectivity index (χ3v) is 5.38. The quantitative estimate of drug-likeness (QED) is 0.826. The van der Waals surface area contributed by atoms with E-state index in [1.165, 1.54) is 12.8 Å². The molecule has 112 valence electrons. The van der Waals surface area contributed by atoms with Crippen molar-refractivity contribution in [2.75, 3.05) is 4.90 Å². The molecule has 1 aromatic rings. The molecule has 1 aromatic carbocycles. The molecule has 3 unspecified atom stereocenters. The topological polar surface area (TPSA) is 32.3 Å². The van der Waals surface area contributed by atoms with Gasteiger partial charge in [0.15, 0.2) is 0 Å². The zero-order valence-corrected chi connectivity index (χ0v) is 13.9. The predicted octanol–water partition coefficient (Wildman–Crippen LogP) is 4.69. The maximum absolute atomic E-state index is 12.4. The van der Waals surface area contributed by atoms with E-state index in [9.17, 15) is 4.79 Å². The highest BCUT2D eigenvalue weighted by molar-refractivity contribution is 9.10. The van der Waals surface area contributed by atoms with Crippen LogP contribution in [0.1, 0.15) is 32.6 Å². The van der Waals surface area contributed by atoms with Crippen molar-refractivity contribution in [2.45, 2.75) is 38.6 Å². The van der Waals surface area contributed by atoms with Gasteiger partial charge in [0.1, 0.15) is 0 Å². The maximum atomic E-state index is 12.4. The predicted molar refractivity (Wildman–Crippen MR) is 89.2 cm³/mol. The first kappa shape index (κ1) is 14.6. The SMILES string of the molecule is C=C1C2CC(CC)CCC2NC(=O)N1c1ccc(Br)cc1. The third kappa shape index (κ3) is 2.73. The van der Waals surface area contributed by atoms with E-state index in [4.69, 9.17) is 0 Å². The summed E-state index contributed by atoms with van der Waals surface area (Å²) in [4.78, 5) is 14.2. The van der Waals surface area contributed by atoms with Gasteiger partial charge in [-0.2, -0.15) is 0 Å². The van der Waals surface area contributed by atoms with Gasteiger partial charge in [0.25, 0.3) is 0 Å². The Kier molecular flexibility index (Phi) is 4.07. The van der Waals surface area contributed by atoms with Crippen molar-refractivity contribution in [1.82, 2.24) is 5.32 Å². The second-order valence-electron chi connectivity index (χ2n) is 6.05. The minimum absolute atomic E-state index is 0.0430. The molecule has 2 fully saturated rings. The van der Waals surface area contributed by atoms with Crippen LogP contribution in [-0.4, -0.2) is 12.1 Å². The number of hydrogen-bond acceptors (Lipinski definition) is 1. The number of carbonyl (C=O) groups is 1. The average Bonchev–Trinajstić information content (AvgIpc) is 2.49. The summed E-state index contributed by atoms with van der Waals surface area (Å²) >= 11 is 3.43. The molecule has 1 saturated carbocycles. The molecule has 1 heterocycles. The third-order valence-electron chi connectivity index (χ3n) is 4.85. The fraction of sp³-hybridized carbons (Fsp3) is 0.471. The maximum Gasteiger partial charge on any atom is 0.326 e. The number of anilines is 1. The van der Waals surface area contributed by atoms with Crippen LogP contribution in [0.15, 0.2) is 41.0 Å². The first-order chi connectivity index (χ1) is 10.1. The second kappa shape index (κ2) is 5.84. The first-order valence-corrected chi connectivity index (χ1v) is 8.44. The Hall–Kier alpha value is -1.29. The fourth-order valence-corrected chi connectivity index (χ4v) is 3.83. The Morgan fingerprint density at radius 3 is 2.71 bits per heavy atom. The van der Waals surface area contributed by atoms with E-state index < -0.39 is 0 Å². The van der Waals surface area contributed by atoms with Crippen molar-refractivity contribution < 1.29 is 4.79 Å². The number of halogens is 1. The summed E-state index contributed by atoms with van der Waals surface area (Å²) in [6.07, 6.45) is 4.63. The van der Waals surface area contributed by atoms with E-state index in [0.29, 0.717) is 5.92 Å². The second-order valence-corrected chi connectivity index (χ2v) is 6.97. The largest absolute Gasteiger partial charge is 0.334 e. The number of urea groups is 1. The molecule has 2 aliphatic rings. The smallest absolute Gasteiger partial charge is 0.326 e. The molecule has 1 N–H and O–H groups in total. The van der Waals surface area contributed by atoms with Crippen molar-refractivity contribution >= 4 is 27.6 Å². The number of fused-ring (bicyclic) bond motifs is 1. The molecule has 1 saturated heterocycles. The lowest BCUT2D eigenvalue weighted by molar-refractivity contribution is 0.194. The van der Waals surface area contributed by atoms with Crippen molar-refractivity contribution in [3.63, 3.8) is 0 Å². The number of benzene rings is 1. The summed E-state index contributed by atoms with van der Waals surface area (Å²) in [5.74, 6) is 1.12. The molecular weight excluding hydrogens is 328 g/mol. The van der Waals surface area contributed by atoms with Crippen LogP contribution in [-0.2, 0) is 0 Å². The zero-order valence-electron chi connectivity index (χ0n) is 12.3. The highest BCUT2D eigenvalue weighted by atomic mass is 79.9. The lowest BCUT2D eigenvalue weighted by atomic mass is 9.74. The van der Waals surface area contributed by atoms with Crippen LogP contribution in [0.3, 0.4) is 0 Å². The van der Waals surface area contributed by atoms with Crippen LogP contribution in [0.4, 0.5) is 10.5 Å². The van der Waals surface area contributed by atoms with Crippen LogP contribution in [0.5, 0.6) is 0 Å². The number of carbonyl (C=O) groups excluding carboxylic acids is 1. The lowest BCUT2D eigenvalue weighted by Gasteiger charge is -2.45. The van der Waals surface area contributed by atoms with E-state index in [0.717, 1.165) is 34.6 Å². The summed E-state index contributed by atoms with van der Waals surface area (Å²) in [6.45, 7) is 6.50. The Morgan fingerprint density at radius 1 is 1.33 bits per heavy atom.